The Hall–Kier alpha value is -1.28. The van der Waals surface area contributed by atoms with Gasteiger partial charge in [-0.2, -0.15) is 11.8 Å². The van der Waals surface area contributed by atoms with Crippen molar-refractivity contribution in [2.75, 3.05) is 18.1 Å². The molecule has 0 aliphatic heterocycles. The summed E-state index contributed by atoms with van der Waals surface area (Å²) in [6.07, 6.45) is -0.0358. The number of carbonyl (C=O) groups excluding carboxylic acids is 3. The molecule has 0 aromatic heterocycles. The van der Waals surface area contributed by atoms with Crippen LogP contribution in [0, 0.1) is 0 Å². The van der Waals surface area contributed by atoms with Gasteiger partial charge in [0.15, 0.2) is 0 Å². The van der Waals surface area contributed by atoms with Crippen molar-refractivity contribution in [3.05, 3.63) is 0 Å². The first-order valence-corrected chi connectivity index (χ1v) is 9.25. The molecule has 1 amide bonds. The summed E-state index contributed by atoms with van der Waals surface area (Å²) in [7, 11) is 0. The lowest BCUT2D eigenvalue weighted by molar-refractivity contribution is -0.157. The first kappa shape index (κ1) is 22.7. The summed E-state index contributed by atoms with van der Waals surface area (Å²) in [4.78, 5) is 34.6. The zero-order chi connectivity index (χ0) is 18.8. The Bertz CT molecular complexity index is 423. The fourth-order valence-corrected chi connectivity index (χ4v) is 2.51. The summed E-state index contributed by atoms with van der Waals surface area (Å²) in [6, 6.07) is -0.657. The summed E-state index contributed by atoms with van der Waals surface area (Å²) in [6.45, 7) is 9.04. The molecule has 0 bridgehead atoms. The van der Waals surface area contributed by atoms with Gasteiger partial charge < -0.3 is 20.5 Å². The third-order valence-corrected chi connectivity index (χ3v) is 3.94. The van der Waals surface area contributed by atoms with Crippen LogP contribution in [0.15, 0.2) is 0 Å². The lowest BCUT2D eigenvalue weighted by Crippen LogP contribution is -2.50. The van der Waals surface area contributed by atoms with E-state index in [9.17, 15) is 14.4 Å². The molecular formula is C16H30N2O5S. The maximum atomic E-state index is 11.9. The van der Waals surface area contributed by atoms with E-state index in [1.807, 2.05) is 20.8 Å². The monoisotopic (exact) mass is 362 g/mol. The lowest BCUT2D eigenvalue weighted by Gasteiger charge is -2.23. The Labute approximate surface area is 148 Å². The van der Waals surface area contributed by atoms with Crippen LogP contribution in [-0.2, 0) is 23.9 Å². The summed E-state index contributed by atoms with van der Waals surface area (Å²) < 4.78 is 10.3. The fraction of sp³-hybridized carbons (Fsp3) is 0.812. The first-order valence-electron chi connectivity index (χ1n) is 8.09. The molecule has 0 spiro atoms. The van der Waals surface area contributed by atoms with Crippen molar-refractivity contribution >= 4 is 29.6 Å². The Balaban J connectivity index is 4.35. The van der Waals surface area contributed by atoms with E-state index < -0.39 is 12.1 Å². The standard InChI is InChI=1S/C16H30N2O5S/c1-6-13(19)22-8-11(23-14(20)7-2)9-24-10-12(17)15(21)18-16(3,4)5/h11-12H,6-10,17H2,1-5H3,(H,18,21)/t11-,12+/m0/s1. The number of rotatable bonds is 10. The molecule has 0 fully saturated rings. The largest absolute Gasteiger partial charge is 0.462 e. The second-order valence-electron chi connectivity index (χ2n) is 6.39. The van der Waals surface area contributed by atoms with E-state index in [-0.39, 0.29) is 42.8 Å². The molecule has 0 heterocycles. The van der Waals surface area contributed by atoms with Gasteiger partial charge in [0.2, 0.25) is 5.91 Å². The summed E-state index contributed by atoms with van der Waals surface area (Å²) in [5.41, 5.74) is 5.52. The van der Waals surface area contributed by atoms with Gasteiger partial charge in [-0.15, -0.1) is 0 Å². The number of hydrogen-bond donors (Lipinski definition) is 2. The third-order valence-electron chi connectivity index (χ3n) is 2.74. The van der Waals surface area contributed by atoms with Gasteiger partial charge in [0.05, 0.1) is 6.04 Å². The van der Waals surface area contributed by atoms with E-state index in [4.69, 9.17) is 15.2 Å². The van der Waals surface area contributed by atoms with E-state index in [0.717, 1.165) is 0 Å². The molecular weight excluding hydrogens is 332 g/mol. The highest BCUT2D eigenvalue weighted by atomic mass is 32.2. The number of esters is 2. The lowest BCUT2D eigenvalue weighted by atomic mass is 10.1. The Morgan fingerprint density at radius 2 is 1.67 bits per heavy atom. The van der Waals surface area contributed by atoms with Crippen LogP contribution in [0.25, 0.3) is 0 Å². The summed E-state index contributed by atoms with van der Waals surface area (Å²) in [5, 5.41) is 2.81. The predicted molar refractivity (Wildman–Crippen MR) is 94.6 cm³/mol. The number of carbonyl (C=O) groups is 3. The highest BCUT2D eigenvalue weighted by molar-refractivity contribution is 7.99. The van der Waals surface area contributed by atoms with Crippen molar-refractivity contribution in [3.8, 4) is 0 Å². The van der Waals surface area contributed by atoms with Gasteiger partial charge in [-0.3, -0.25) is 14.4 Å². The SMILES string of the molecule is CCC(=O)OC[C@@H](CSC[C@@H](N)C(=O)NC(C)(C)C)OC(=O)CC. The Morgan fingerprint density at radius 3 is 2.17 bits per heavy atom. The van der Waals surface area contributed by atoms with Gasteiger partial charge in [-0.25, -0.2) is 0 Å². The number of nitrogens with one attached hydrogen (secondary N) is 1. The molecule has 0 aromatic rings. The number of ether oxygens (including phenoxy) is 2. The molecule has 0 rings (SSSR count). The van der Waals surface area contributed by atoms with Gasteiger partial charge in [-0.1, -0.05) is 13.8 Å². The molecule has 0 saturated carbocycles. The van der Waals surface area contributed by atoms with Crippen molar-refractivity contribution in [1.82, 2.24) is 5.32 Å². The number of amides is 1. The molecule has 0 aromatic carbocycles. The molecule has 2 atom stereocenters. The van der Waals surface area contributed by atoms with E-state index in [1.54, 1.807) is 13.8 Å². The molecule has 7 nitrogen and oxygen atoms in total. The molecule has 140 valence electrons. The number of nitrogens with two attached hydrogens (primary N) is 1. The maximum absolute atomic E-state index is 11.9. The van der Waals surface area contributed by atoms with Crippen molar-refractivity contribution in [2.45, 2.75) is 65.1 Å². The molecule has 0 aliphatic carbocycles. The molecule has 3 N–H and O–H groups in total. The van der Waals surface area contributed by atoms with Crippen molar-refractivity contribution < 1.29 is 23.9 Å². The van der Waals surface area contributed by atoms with Crippen LogP contribution >= 0.6 is 11.8 Å². The van der Waals surface area contributed by atoms with E-state index in [2.05, 4.69) is 5.32 Å². The maximum Gasteiger partial charge on any atom is 0.305 e. The van der Waals surface area contributed by atoms with Crippen LogP contribution in [0.2, 0.25) is 0 Å². The van der Waals surface area contributed by atoms with Crippen LogP contribution in [0.4, 0.5) is 0 Å². The molecule has 0 aliphatic rings. The van der Waals surface area contributed by atoms with Gasteiger partial charge >= 0.3 is 11.9 Å². The predicted octanol–water partition coefficient (Wildman–Crippen LogP) is 1.24. The first-order chi connectivity index (χ1) is 11.1. The molecule has 24 heavy (non-hydrogen) atoms. The van der Waals surface area contributed by atoms with Crippen LogP contribution in [0.5, 0.6) is 0 Å². The van der Waals surface area contributed by atoms with Crippen LogP contribution in [-0.4, -0.2) is 53.6 Å². The van der Waals surface area contributed by atoms with Gasteiger partial charge in [0, 0.05) is 29.9 Å². The molecule has 0 radical (unpaired) electrons. The smallest absolute Gasteiger partial charge is 0.305 e. The van der Waals surface area contributed by atoms with Gasteiger partial charge in [0.1, 0.15) is 12.7 Å². The number of hydrogen-bond acceptors (Lipinski definition) is 7. The van der Waals surface area contributed by atoms with Crippen LogP contribution < -0.4 is 11.1 Å². The molecule has 8 heteroatoms. The second-order valence-corrected chi connectivity index (χ2v) is 7.46. The van der Waals surface area contributed by atoms with Crippen molar-refractivity contribution in [2.24, 2.45) is 5.73 Å². The Morgan fingerprint density at radius 1 is 1.08 bits per heavy atom. The topological polar surface area (TPSA) is 108 Å². The van der Waals surface area contributed by atoms with E-state index >= 15 is 0 Å². The van der Waals surface area contributed by atoms with Crippen LogP contribution in [0.1, 0.15) is 47.5 Å². The minimum Gasteiger partial charge on any atom is -0.462 e. The average molecular weight is 362 g/mol. The molecule has 0 saturated heterocycles. The van der Waals surface area contributed by atoms with Crippen molar-refractivity contribution in [1.29, 1.82) is 0 Å². The summed E-state index contributed by atoms with van der Waals surface area (Å²) in [5.74, 6) is -0.153. The van der Waals surface area contributed by atoms with Crippen LogP contribution in [0.3, 0.4) is 0 Å². The highest BCUT2D eigenvalue weighted by Crippen LogP contribution is 2.10. The third kappa shape index (κ3) is 11.3. The summed E-state index contributed by atoms with van der Waals surface area (Å²) >= 11 is 1.38. The second kappa shape index (κ2) is 11.3. The normalized spacial score (nSPS) is 13.8. The molecule has 0 unspecified atom stereocenters. The Kier molecular flexibility index (Phi) is 10.7. The zero-order valence-electron chi connectivity index (χ0n) is 15.2. The average Bonchev–Trinajstić information content (AvgIpc) is 2.49. The van der Waals surface area contributed by atoms with E-state index in [0.29, 0.717) is 11.5 Å². The minimum atomic E-state index is -0.657. The van der Waals surface area contributed by atoms with Gasteiger partial charge in [-0.05, 0) is 20.8 Å². The highest BCUT2D eigenvalue weighted by Gasteiger charge is 2.21. The van der Waals surface area contributed by atoms with Crippen molar-refractivity contribution in [3.63, 3.8) is 0 Å². The van der Waals surface area contributed by atoms with Gasteiger partial charge in [0.25, 0.3) is 0 Å². The quantitative estimate of drug-likeness (QED) is 0.563. The fourth-order valence-electron chi connectivity index (χ4n) is 1.54. The van der Waals surface area contributed by atoms with E-state index in [1.165, 1.54) is 11.8 Å². The number of thioether (sulfide) groups is 1. The minimum absolute atomic E-state index is 0.00877. The zero-order valence-corrected chi connectivity index (χ0v) is 16.0.